The van der Waals surface area contributed by atoms with Gasteiger partial charge in [-0.3, -0.25) is 4.90 Å². The van der Waals surface area contributed by atoms with Gasteiger partial charge < -0.3 is 9.84 Å². The van der Waals surface area contributed by atoms with Crippen molar-refractivity contribution in [2.24, 2.45) is 0 Å². The molecule has 1 N–H and O–H groups in total. The standard InChI is InChI=1S/C18H21NO3/c1-2-3-13-19(16-9-11-17(20)12-10-16)18(21)22-14-15-7-5-4-6-8-15/h4-12,20H,2-3,13-14H2,1H3. The smallest absolute Gasteiger partial charge is 0.414 e. The zero-order valence-corrected chi connectivity index (χ0v) is 12.7. The summed E-state index contributed by atoms with van der Waals surface area (Å²) in [6, 6.07) is 16.2. The van der Waals surface area contributed by atoms with E-state index in [9.17, 15) is 9.90 Å². The highest BCUT2D eigenvalue weighted by Crippen LogP contribution is 2.20. The topological polar surface area (TPSA) is 49.8 Å². The molecular formula is C18H21NO3. The van der Waals surface area contributed by atoms with Gasteiger partial charge in [0.15, 0.2) is 0 Å². The monoisotopic (exact) mass is 299 g/mol. The second-order valence-corrected chi connectivity index (χ2v) is 5.06. The summed E-state index contributed by atoms with van der Waals surface area (Å²) in [6.45, 7) is 2.92. The zero-order valence-electron chi connectivity index (χ0n) is 12.7. The number of carbonyl (C=O) groups is 1. The second kappa shape index (κ2) is 8.08. The van der Waals surface area contributed by atoms with Crippen LogP contribution in [0.3, 0.4) is 0 Å². The number of phenols is 1. The molecule has 2 rings (SSSR count). The van der Waals surface area contributed by atoms with E-state index < -0.39 is 0 Å². The SMILES string of the molecule is CCCCN(C(=O)OCc1ccccc1)c1ccc(O)cc1. The number of unbranched alkanes of at least 4 members (excludes halogenated alkanes) is 1. The number of anilines is 1. The van der Waals surface area contributed by atoms with Crippen LogP contribution < -0.4 is 4.90 Å². The molecule has 0 bridgehead atoms. The maximum Gasteiger partial charge on any atom is 0.414 e. The van der Waals surface area contributed by atoms with Crippen LogP contribution in [-0.2, 0) is 11.3 Å². The van der Waals surface area contributed by atoms with Crippen LogP contribution in [0, 0.1) is 0 Å². The first-order valence-corrected chi connectivity index (χ1v) is 7.48. The third-order valence-electron chi connectivity index (χ3n) is 3.32. The fourth-order valence-corrected chi connectivity index (χ4v) is 2.07. The molecule has 116 valence electrons. The minimum absolute atomic E-state index is 0.178. The molecule has 0 fully saturated rings. The molecule has 0 spiro atoms. The van der Waals surface area contributed by atoms with Crippen LogP contribution in [-0.4, -0.2) is 17.7 Å². The molecule has 4 nitrogen and oxygen atoms in total. The summed E-state index contributed by atoms with van der Waals surface area (Å²) in [5, 5.41) is 9.37. The van der Waals surface area contributed by atoms with Gasteiger partial charge in [0.25, 0.3) is 0 Å². The van der Waals surface area contributed by atoms with E-state index in [2.05, 4.69) is 6.92 Å². The molecule has 22 heavy (non-hydrogen) atoms. The number of amides is 1. The maximum absolute atomic E-state index is 12.3. The van der Waals surface area contributed by atoms with Crippen molar-refractivity contribution in [2.75, 3.05) is 11.4 Å². The molecule has 0 aliphatic rings. The Labute approximate surface area is 131 Å². The number of hydrogen-bond donors (Lipinski definition) is 1. The van der Waals surface area contributed by atoms with E-state index in [1.165, 1.54) is 0 Å². The van der Waals surface area contributed by atoms with Crippen molar-refractivity contribution in [3.8, 4) is 5.75 Å². The molecular weight excluding hydrogens is 278 g/mol. The fraction of sp³-hybridized carbons (Fsp3) is 0.278. The fourth-order valence-electron chi connectivity index (χ4n) is 2.07. The van der Waals surface area contributed by atoms with Crippen molar-refractivity contribution in [1.82, 2.24) is 0 Å². The lowest BCUT2D eigenvalue weighted by Crippen LogP contribution is -2.32. The van der Waals surface area contributed by atoms with Gasteiger partial charge >= 0.3 is 6.09 Å². The van der Waals surface area contributed by atoms with Crippen LogP contribution in [0.25, 0.3) is 0 Å². The molecule has 0 heterocycles. The van der Waals surface area contributed by atoms with Gasteiger partial charge in [0.05, 0.1) is 0 Å². The van der Waals surface area contributed by atoms with Crippen molar-refractivity contribution < 1.29 is 14.6 Å². The highest BCUT2D eigenvalue weighted by atomic mass is 16.6. The Kier molecular flexibility index (Phi) is 5.83. The molecule has 0 aliphatic carbocycles. The molecule has 4 heteroatoms. The summed E-state index contributed by atoms with van der Waals surface area (Å²) >= 11 is 0. The van der Waals surface area contributed by atoms with Gasteiger partial charge in [0.2, 0.25) is 0 Å². The maximum atomic E-state index is 12.3. The van der Waals surface area contributed by atoms with Gasteiger partial charge in [-0.05, 0) is 36.2 Å². The average molecular weight is 299 g/mol. The Morgan fingerprint density at radius 2 is 1.77 bits per heavy atom. The quantitative estimate of drug-likeness (QED) is 0.863. The van der Waals surface area contributed by atoms with Crippen molar-refractivity contribution in [3.05, 3.63) is 60.2 Å². The van der Waals surface area contributed by atoms with E-state index in [-0.39, 0.29) is 18.4 Å². The van der Waals surface area contributed by atoms with Crippen LogP contribution in [0.15, 0.2) is 54.6 Å². The average Bonchev–Trinajstić information content (AvgIpc) is 2.56. The van der Waals surface area contributed by atoms with E-state index in [1.54, 1.807) is 29.2 Å². The molecule has 0 radical (unpaired) electrons. The minimum atomic E-state index is -0.372. The first kappa shape index (κ1) is 15.9. The van der Waals surface area contributed by atoms with Gasteiger partial charge in [-0.1, -0.05) is 43.7 Å². The number of hydrogen-bond acceptors (Lipinski definition) is 3. The summed E-state index contributed by atoms with van der Waals surface area (Å²) in [6.07, 6.45) is 1.50. The summed E-state index contributed by atoms with van der Waals surface area (Å²) in [5.41, 5.74) is 1.68. The largest absolute Gasteiger partial charge is 0.508 e. The molecule has 2 aromatic rings. The highest BCUT2D eigenvalue weighted by molar-refractivity contribution is 5.87. The van der Waals surface area contributed by atoms with Crippen molar-refractivity contribution in [2.45, 2.75) is 26.4 Å². The molecule has 0 saturated heterocycles. The summed E-state index contributed by atoms with van der Waals surface area (Å²) in [5.74, 6) is 0.178. The van der Waals surface area contributed by atoms with E-state index in [0.29, 0.717) is 6.54 Å². The third-order valence-corrected chi connectivity index (χ3v) is 3.32. The van der Waals surface area contributed by atoms with Crippen molar-refractivity contribution in [3.63, 3.8) is 0 Å². The van der Waals surface area contributed by atoms with Crippen LogP contribution >= 0.6 is 0 Å². The number of carbonyl (C=O) groups excluding carboxylic acids is 1. The summed E-state index contributed by atoms with van der Waals surface area (Å²) in [7, 11) is 0. The number of aromatic hydroxyl groups is 1. The Balaban J connectivity index is 2.04. The van der Waals surface area contributed by atoms with Crippen molar-refractivity contribution in [1.29, 1.82) is 0 Å². The van der Waals surface area contributed by atoms with Crippen LogP contribution in [0.1, 0.15) is 25.3 Å². The first-order chi connectivity index (χ1) is 10.7. The van der Waals surface area contributed by atoms with Crippen LogP contribution in [0.4, 0.5) is 10.5 Å². The second-order valence-electron chi connectivity index (χ2n) is 5.06. The Morgan fingerprint density at radius 3 is 2.41 bits per heavy atom. The molecule has 1 amide bonds. The molecule has 0 aromatic heterocycles. The van der Waals surface area contributed by atoms with Gasteiger partial charge in [0, 0.05) is 12.2 Å². The summed E-state index contributed by atoms with van der Waals surface area (Å²) < 4.78 is 5.40. The number of rotatable bonds is 6. The number of benzene rings is 2. The van der Waals surface area contributed by atoms with Gasteiger partial charge in [-0.2, -0.15) is 0 Å². The number of nitrogens with zero attached hydrogens (tertiary/aromatic N) is 1. The predicted molar refractivity (Wildman–Crippen MR) is 87.0 cm³/mol. The lowest BCUT2D eigenvalue weighted by molar-refractivity contribution is 0.147. The van der Waals surface area contributed by atoms with Crippen LogP contribution in [0.2, 0.25) is 0 Å². The van der Waals surface area contributed by atoms with E-state index in [4.69, 9.17) is 4.74 Å². The normalized spacial score (nSPS) is 10.2. The minimum Gasteiger partial charge on any atom is -0.508 e. The Bertz CT molecular complexity index is 581. The predicted octanol–water partition coefficient (Wildman–Crippen LogP) is 4.34. The molecule has 0 aliphatic heterocycles. The van der Waals surface area contributed by atoms with Gasteiger partial charge in [-0.15, -0.1) is 0 Å². The van der Waals surface area contributed by atoms with Crippen LogP contribution in [0.5, 0.6) is 5.75 Å². The first-order valence-electron chi connectivity index (χ1n) is 7.48. The van der Waals surface area contributed by atoms with Gasteiger partial charge in [0.1, 0.15) is 12.4 Å². The zero-order chi connectivity index (χ0) is 15.8. The molecule has 0 unspecified atom stereocenters. The molecule has 2 aromatic carbocycles. The lowest BCUT2D eigenvalue weighted by atomic mass is 10.2. The van der Waals surface area contributed by atoms with Gasteiger partial charge in [-0.25, -0.2) is 4.79 Å². The molecule has 0 atom stereocenters. The summed E-state index contributed by atoms with van der Waals surface area (Å²) in [4.78, 5) is 14.0. The Morgan fingerprint density at radius 1 is 1.09 bits per heavy atom. The van der Waals surface area contributed by atoms with E-state index >= 15 is 0 Å². The molecule has 0 saturated carbocycles. The highest BCUT2D eigenvalue weighted by Gasteiger charge is 2.16. The Hall–Kier alpha value is -2.49. The lowest BCUT2D eigenvalue weighted by Gasteiger charge is -2.22. The van der Waals surface area contributed by atoms with Crippen molar-refractivity contribution >= 4 is 11.8 Å². The third kappa shape index (κ3) is 4.52. The van der Waals surface area contributed by atoms with E-state index in [0.717, 1.165) is 24.1 Å². The number of ether oxygens (including phenoxy) is 1. The van der Waals surface area contributed by atoms with E-state index in [1.807, 2.05) is 30.3 Å². The number of phenolic OH excluding ortho intramolecular Hbond substituents is 1.